The van der Waals surface area contributed by atoms with E-state index in [0.29, 0.717) is 49.4 Å². The van der Waals surface area contributed by atoms with Gasteiger partial charge in [-0.15, -0.1) is 5.10 Å². The van der Waals surface area contributed by atoms with Crippen LogP contribution in [0.2, 0.25) is 18.6 Å². The number of unbranched alkanes of at least 4 members (excludes halogenated alkanes) is 1. The maximum absolute atomic E-state index is 16.2. The van der Waals surface area contributed by atoms with Gasteiger partial charge >= 0.3 is 5.97 Å². The number of amides is 1. The highest BCUT2D eigenvalue weighted by atomic mass is 28.4. The predicted molar refractivity (Wildman–Crippen MR) is 169 cm³/mol. The number of esters is 1. The Bertz CT molecular complexity index is 1500. The normalized spacial score (nSPS) is 23.4. The van der Waals surface area contributed by atoms with Crippen molar-refractivity contribution in [2.45, 2.75) is 75.4 Å². The Morgan fingerprint density at radius 3 is 2.58 bits per heavy atom. The lowest BCUT2D eigenvalue weighted by Crippen LogP contribution is -2.45. The monoisotopic (exact) mass is 638 g/mol. The van der Waals surface area contributed by atoms with Gasteiger partial charge in [0.1, 0.15) is 5.75 Å². The number of hydrogen-bond donors (Lipinski definition) is 1. The standard InChI is InChI=1S/C33H43FN4O6Si/c1-22-31(45(4,5)34)29(16-18-37-20-27(35-36-37)25(21-39)23-11-7-6-8-12-23)44-33(22)26-19-24(42-2)14-15-28(26)38(32(33)41)17-10-9-13-30(40)43-3/h6-8,11-12,14-15,19-20,22,25,29,31,39H,9-10,13,16-18,21H2,1-5H3/t22-,25?,29+,31-,33+/m1/s1. The van der Waals surface area contributed by atoms with Crippen molar-refractivity contribution in [3.05, 3.63) is 71.5 Å². The molecule has 12 heteroatoms. The molecule has 0 radical (unpaired) electrons. The van der Waals surface area contributed by atoms with Gasteiger partial charge in [0.2, 0.25) is 8.41 Å². The van der Waals surface area contributed by atoms with E-state index in [0.717, 1.165) is 11.3 Å². The number of aliphatic hydroxyl groups excluding tert-OH is 1. The fourth-order valence-corrected chi connectivity index (χ4v) is 9.73. The van der Waals surface area contributed by atoms with E-state index in [4.69, 9.17) is 14.2 Å². The summed E-state index contributed by atoms with van der Waals surface area (Å²) in [5.41, 5.74) is 1.18. The molecule has 1 unspecified atom stereocenters. The predicted octanol–water partition coefficient (Wildman–Crippen LogP) is 4.97. The Labute approximate surface area is 264 Å². The maximum atomic E-state index is 16.2. The third kappa shape index (κ3) is 6.27. The van der Waals surface area contributed by atoms with E-state index in [2.05, 4.69) is 10.3 Å². The van der Waals surface area contributed by atoms with Crippen LogP contribution < -0.4 is 9.64 Å². The molecule has 0 aliphatic carbocycles. The molecule has 5 rings (SSSR count). The number of rotatable bonds is 13. The fourth-order valence-electron chi connectivity index (χ4n) is 7.18. The second-order valence-electron chi connectivity index (χ2n) is 12.5. The number of halogens is 1. The average Bonchev–Trinajstić information content (AvgIpc) is 3.68. The van der Waals surface area contributed by atoms with E-state index >= 15 is 4.11 Å². The molecule has 45 heavy (non-hydrogen) atoms. The van der Waals surface area contributed by atoms with Crippen LogP contribution in [0.3, 0.4) is 0 Å². The number of aromatic nitrogens is 3. The van der Waals surface area contributed by atoms with Crippen LogP contribution in [0.4, 0.5) is 9.80 Å². The smallest absolute Gasteiger partial charge is 0.305 e. The number of aryl methyl sites for hydroxylation is 1. The molecular weight excluding hydrogens is 595 g/mol. The van der Waals surface area contributed by atoms with Gasteiger partial charge in [0.05, 0.1) is 44.2 Å². The molecule has 1 amide bonds. The van der Waals surface area contributed by atoms with Crippen molar-refractivity contribution in [3.8, 4) is 5.75 Å². The average molecular weight is 639 g/mol. The summed E-state index contributed by atoms with van der Waals surface area (Å²) in [5, 5.41) is 18.7. The van der Waals surface area contributed by atoms with Crippen LogP contribution in [-0.4, -0.2) is 73.9 Å². The summed E-state index contributed by atoms with van der Waals surface area (Å²) in [6, 6.07) is 15.2. The van der Waals surface area contributed by atoms with Gasteiger partial charge in [0, 0.05) is 42.7 Å². The molecule has 2 aliphatic rings. The van der Waals surface area contributed by atoms with Crippen LogP contribution >= 0.6 is 0 Å². The van der Waals surface area contributed by atoms with Gasteiger partial charge in [-0.1, -0.05) is 42.5 Å². The maximum Gasteiger partial charge on any atom is 0.305 e. The molecule has 242 valence electrons. The lowest BCUT2D eigenvalue weighted by molar-refractivity contribution is -0.146. The van der Waals surface area contributed by atoms with Crippen LogP contribution in [0.25, 0.3) is 0 Å². The SMILES string of the molecule is COC(=O)CCCCN1C(=O)[C@@]2(O[C@@H](CCn3cc(C(CO)c4ccccc4)nn3)[C@H]([Si](C)(C)F)[C@H]2C)c2cc(OC)ccc21. The van der Waals surface area contributed by atoms with Crippen molar-refractivity contribution >= 4 is 26.0 Å². The Kier molecular flexibility index (Phi) is 9.76. The lowest BCUT2D eigenvalue weighted by Gasteiger charge is -2.31. The Morgan fingerprint density at radius 2 is 1.91 bits per heavy atom. The molecule has 1 aromatic heterocycles. The Morgan fingerprint density at radius 1 is 1.16 bits per heavy atom. The van der Waals surface area contributed by atoms with Crippen molar-refractivity contribution in [2.75, 3.05) is 32.3 Å². The molecule has 3 heterocycles. The van der Waals surface area contributed by atoms with Crippen molar-refractivity contribution in [1.82, 2.24) is 15.0 Å². The minimum atomic E-state index is -3.34. The fraction of sp³-hybridized carbons (Fsp3) is 0.515. The zero-order chi connectivity index (χ0) is 32.4. The molecule has 1 N–H and O–H groups in total. The van der Waals surface area contributed by atoms with E-state index in [1.165, 1.54) is 7.11 Å². The molecule has 5 atom stereocenters. The number of nitrogens with zero attached hydrogens (tertiary/aromatic N) is 4. The number of hydrogen-bond acceptors (Lipinski definition) is 8. The lowest BCUT2D eigenvalue weighted by atomic mass is 9.82. The highest BCUT2D eigenvalue weighted by Crippen LogP contribution is 2.60. The Hall–Kier alpha value is -3.61. The summed E-state index contributed by atoms with van der Waals surface area (Å²) in [6.07, 6.45) is 3.14. The minimum Gasteiger partial charge on any atom is -0.497 e. The van der Waals surface area contributed by atoms with Crippen molar-refractivity contribution in [1.29, 1.82) is 0 Å². The largest absolute Gasteiger partial charge is 0.497 e. The summed E-state index contributed by atoms with van der Waals surface area (Å²) < 4.78 is 35.0. The molecule has 1 saturated heterocycles. The van der Waals surface area contributed by atoms with Crippen molar-refractivity contribution in [2.24, 2.45) is 5.92 Å². The quantitative estimate of drug-likeness (QED) is 0.121. The van der Waals surface area contributed by atoms with Crippen LogP contribution in [0.15, 0.2) is 54.7 Å². The second kappa shape index (κ2) is 13.4. The number of ether oxygens (including phenoxy) is 3. The van der Waals surface area contributed by atoms with E-state index < -0.39 is 31.6 Å². The van der Waals surface area contributed by atoms with Gasteiger partial charge in [-0.3, -0.25) is 14.3 Å². The molecule has 10 nitrogen and oxygen atoms in total. The van der Waals surface area contributed by atoms with E-state index in [-0.39, 0.29) is 30.8 Å². The molecular formula is C33H43FN4O6Si. The van der Waals surface area contributed by atoms with Crippen LogP contribution in [0.5, 0.6) is 5.75 Å². The highest BCUT2D eigenvalue weighted by molar-refractivity contribution is 6.72. The summed E-state index contributed by atoms with van der Waals surface area (Å²) in [5.74, 6) is -0.649. The number of fused-ring (bicyclic) bond motifs is 2. The number of methoxy groups -OCH3 is 2. The van der Waals surface area contributed by atoms with Crippen molar-refractivity contribution < 1.29 is 33.0 Å². The molecule has 2 aliphatic heterocycles. The Balaban J connectivity index is 1.41. The van der Waals surface area contributed by atoms with Crippen LogP contribution in [-0.2, 0) is 31.2 Å². The topological polar surface area (TPSA) is 116 Å². The molecule has 2 aromatic carbocycles. The zero-order valence-electron chi connectivity index (χ0n) is 26.6. The van der Waals surface area contributed by atoms with Crippen LogP contribution in [0, 0.1) is 5.92 Å². The number of carbonyl (C=O) groups is 2. The molecule has 0 bridgehead atoms. The van der Waals surface area contributed by atoms with Gasteiger partial charge in [0.25, 0.3) is 5.91 Å². The summed E-state index contributed by atoms with van der Waals surface area (Å²) in [4.78, 5) is 27.8. The highest BCUT2D eigenvalue weighted by Gasteiger charge is 2.66. The van der Waals surface area contributed by atoms with Gasteiger partial charge < -0.3 is 28.3 Å². The zero-order valence-corrected chi connectivity index (χ0v) is 27.6. The number of benzene rings is 2. The first-order valence-corrected chi connectivity index (χ1v) is 18.5. The van der Waals surface area contributed by atoms with Gasteiger partial charge in [-0.2, -0.15) is 0 Å². The third-order valence-corrected chi connectivity index (χ3v) is 11.8. The van der Waals surface area contributed by atoms with E-state index in [1.54, 1.807) is 29.8 Å². The third-order valence-electron chi connectivity index (χ3n) is 9.35. The minimum absolute atomic E-state index is 0.109. The summed E-state index contributed by atoms with van der Waals surface area (Å²) in [7, 11) is -0.411. The van der Waals surface area contributed by atoms with E-state index in [1.807, 2.05) is 61.7 Å². The second-order valence-corrected chi connectivity index (χ2v) is 16.3. The first-order chi connectivity index (χ1) is 21.5. The van der Waals surface area contributed by atoms with E-state index in [9.17, 15) is 14.7 Å². The first-order valence-electron chi connectivity index (χ1n) is 15.5. The number of aliphatic hydroxyl groups is 1. The van der Waals surface area contributed by atoms with Gasteiger partial charge in [-0.05, 0) is 56.1 Å². The molecule has 3 aromatic rings. The number of anilines is 1. The first kappa shape index (κ1) is 32.8. The van der Waals surface area contributed by atoms with Crippen molar-refractivity contribution in [3.63, 3.8) is 0 Å². The molecule has 1 fully saturated rings. The molecule has 1 spiro atoms. The van der Waals surface area contributed by atoms with Gasteiger partial charge in [0.15, 0.2) is 5.60 Å². The van der Waals surface area contributed by atoms with Crippen LogP contribution in [0.1, 0.15) is 55.3 Å². The van der Waals surface area contributed by atoms with Gasteiger partial charge in [-0.25, -0.2) is 0 Å². The summed E-state index contributed by atoms with van der Waals surface area (Å²) >= 11 is 0. The number of carbonyl (C=O) groups excluding carboxylic acids is 2. The summed E-state index contributed by atoms with van der Waals surface area (Å²) in [6.45, 7) is 5.99. The molecule has 0 saturated carbocycles.